The molecule has 3 aromatic rings. The van der Waals surface area contributed by atoms with Gasteiger partial charge < -0.3 is 19.4 Å². The molecule has 0 N–H and O–H groups in total. The number of halogens is 4. The van der Waals surface area contributed by atoms with Gasteiger partial charge in [0, 0.05) is 87.6 Å². The molecule has 0 amide bonds. The molecule has 300 valence electrons. The van der Waals surface area contributed by atoms with E-state index in [-0.39, 0.29) is 16.3 Å². The van der Waals surface area contributed by atoms with E-state index in [1.54, 1.807) is 31.1 Å². The van der Waals surface area contributed by atoms with Gasteiger partial charge in [-0.2, -0.15) is 13.2 Å². The Morgan fingerprint density at radius 2 is 1.43 bits per heavy atom. The summed E-state index contributed by atoms with van der Waals surface area (Å²) in [4.78, 5) is 36.2. The second kappa shape index (κ2) is 23.2. The smallest absolute Gasteiger partial charge is 0.383 e. The number of nitro benzene ring substituents is 3. The van der Waals surface area contributed by atoms with Gasteiger partial charge >= 0.3 is 6.18 Å². The summed E-state index contributed by atoms with van der Waals surface area (Å²) in [5.74, 6) is 0. The molecular weight excluding hydrogens is 733 g/mol. The van der Waals surface area contributed by atoms with Gasteiger partial charge in [-0.05, 0) is 70.4 Å². The number of hydrogen-bond acceptors (Lipinski definition) is 10. The van der Waals surface area contributed by atoms with Crippen LogP contribution in [0.15, 0.2) is 54.6 Å². The topological polar surface area (TPSA) is 148 Å². The summed E-state index contributed by atoms with van der Waals surface area (Å²) >= 11 is 5.96. The van der Waals surface area contributed by atoms with Crippen molar-refractivity contribution in [2.24, 2.45) is 0 Å². The van der Waals surface area contributed by atoms with E-state index in [1.165, 1.54) is 18.2 Å². The van der Waals surface area contributed by atoms with Crippen LogP contribution in [0.4, 0.5) is 47.3 Å². The third-order valence-electron chi connectivity index (χ3n) is 8.49. The van der Waals surface area contributed by atoms with Crippen LogP contribution in [0, 0.1) is 37.3 Å². The Balaban J connectivity index is 0.000000408. The first-order chi connectivity index (χ1) is 25.4. The van der Waals surface area contributed by atoms with Crippen molar-refractivity contribution in [3.63, 3.8) is 0 Å². The molecule has 0 aromatic heterocycles. The number of ether oxygens (including phenoxy) is 1. The first-order valence-corrected chi connectivity index (χ1v) is 18.0. The molecule has 0 aliphatic rings. The lowest BCUT2D eigenvalue weighted by molar-refractivity contribution is -0.388. The van der Waals surface area contributed by atoms with Gasteiger partial charge in [0.2, 0.25) is 0 Å². The number of nitro groups is 3. The van der Waals surface area contributed by atoms with Crippen molar-refractivity contribution in [1.82, 2.24) is 0 Å². The van der Waals surface area contributed by atoms with E-state index in [4.69, 9.17) is 16.3 Å². The van der Waals surface area contributed by atoms with Crippen LogP contribution in [0.5, 0.6) is 0 Å². The summed E-state index contributed by atoms with van der Waals surface area (Å²) in [5.41, 5.74) is 0.996. The van der Waals surface area contributed by atoms with Crippen LogP contribution in [0.1, 0.15) is 71.4 Å². The minimum absolute atomic E-state index is 0.00566. The predicted molar refractivity (Wildman–Crippen MR) is 209 cm³/mol. The number of anilines is 3. The van der Waals surface area contributed by atoms with Gasteiger partial charge in [0.05, 0.1) is 32.1 Å². The second-order valence-electron chi connectivity index (χ2n) is 12.4. The molecule has 0 fully saturated rings. The first-order valence-electron chi connectivity index (χ1n) is 17.6. The predicted octanol–water partition coefficient (Wildman–Crippen LogP) is 10.5. The van der Waals surface area contributed by atoms with E-state index >= 15 is 0 Å². The normalized spacial score (nSPS) is 11.3. The highest BCUT2D eigenvalue weighted by Crippen LogP contribution is 2.38. The molecule has 3 rings (SSSR count). The zero-order valence-electron chi connectivity index (χ0n) is 32.2. The molecule has 0 aliphatic carbocycles. The van der Waals surface area contributed by atoms with E-state index in [2.05, 4.69) is 25.7 Å². The number of unbranched alkanes of at least 4 members (excludes halogenated alkanes) is 1. The SMILES string of the molecule is CCCCN(CC)c1ccc([N+](=O)[O-])c(C(F)(F)F)c1.CCCN(c1ccc([N+](=O)[O-])c(C)c1)C(C)CC.COCCN(C)c1ccc([N+](=O)[O-])cc1Cl. The summed E-state index contributed by atoms with van der Waals surface area (Å²) in [6.45, 7) is 15.5. The number of alkyl halides is 3. The lowest BCUT2D eigenvalue weighted by Gasteiger charge is -2.30. The molecule has 1 atom stereocenters. The van der Waals surface area contributed by atoms with Crippen LogP contribution < -0.4 is 14.7 Å². The number of non-ortho nitro benzene ring substituents is 1. The van der Waals surface area contributed by atoms with Crippen molar-refractivity contribution in [3.05, 3.63) is 101 Å². The molecule has 0 bridgehead atoms. The van der Waals surface area contributed by atoms with Crippen LogP contribution >= 0.6 is 11.6 Å². The molecule has 13 nitrogen and oxygen atoms in total. The van der Waals surface area contributed by atoms with E-state index in [0.29, 0.717) is 43.0 Å². The summed E-state index contributed by atoms with van der Waals surface area (Å²) in [5, 5.41) is 32.4. The van der Waals surface area contributed by atoms with Gasteiger partial charge in [-0.25, -0.2) is 0 Å². The lowest BCUT2D eigenvalue weighted by atomic mass is 10.1. The highest BCUT2D eigenvalue weighted by molar-refractivity contribution is 6.33. The molecule has 0 saturated carbocycles. The Labute approximate surface area is 320 Å². The number of rotatable bonds is 17. The largest absolute Gasteiger partial charge is 0.423 e. The van der Waals surface area contributed by atoms with Gasteiger partial charge in [0.15, 0.2) is 0 Å². The van der Waals surface area contributed by atoms with Gasteiger partial charge in [0.1, 0.15) is 5.56 Å². The van der Waals surface area contributed by atoms with Crippen molar-refractivity contribution < 1.29 is 32.7 Å². The number of likely N-dealkylation sites (N-methyl/N-ethyl adjacent to an activating group) is 1. The number of hydrogen-bond donors (Lipinski definition) is 0. The lowest BCUT2D eigenvalue weighted by Crippen LogP contribution is -2.33. The highest BCUT2D eigenvalue weighted by atomic mass is 35.5. The fourth-order valence-electron chi connectivity index (χ4n) is 5.28. The van der Waals surface area contributed by atoms with Gasteiger partial charge in [0.25, 0.3) is 17.1 Å². The second-order valence-corrected chi connectivity index (χ2v) is 12.8. The van der Waals surface area contributed by atoms with E-state index in [0.717, 1.165) is 61.3 Å². The van der Waals surface area contributed by atoms with Crippen LogP contribution in [0.2, 0.25) is 5.02 Å². The zero-order valence-corrected chi connectivity index (χ0v) is 32.9. The van der Waals surface area contributed by atoms with Gasteiger partial charge in [-0.15, -0.1) is 0 Å². The Kier molecular flexibility index (Phi) is 20.3. The van der Waals surface area contributed by atoms with Crippen LogP contribution in [0.3, 0.4) is 0 Å². The minimum atomic E-state index is -4.73. The Bertz CT molecular complexity index is 1660. The molecule has 0 saturated heterocycles. The van der Waals surface area contributed by atoms with Crippen molar-refractivity contribution >= 4 is 45.7 Å². The molecule has 0 radical (unpaired) electrons. The summed E-state index contributed by atoms with van der Waals surface area (Å²) in [7, 11) is 3.47. The van der Waals surface area contributed by atoms with Gasteiger partial charge in [-0.3, -0.25) is 30.3 Å². The fourth-order valence-corrected chi connectivity index (χ4v) is 5.60. The third kappa shape index (κ3) is 14.6. The van der Waals surface area contributed by atoms with Crippen molar-refractivity contribution in [1.29, 1.82) is 0 Å². The Morgan fingerprint density at radius 1 is 0.815 bits per heavy atom. The summed E-state index contributed by atoms with van der Waals surface area (Å²) in [6.07, 6.45) is -0.819. The van der Waals surface area contributed by atoms with Crippen LogP contribution in [-0.4, -0.2) is 67.8 Å². The molecule has 17 heteroatoms. The zero-order chi connectivity index (χ0) is 41.2. The molecule has 0 spiro atoms. The first kappa shape index (κ1) is 47.3. The average Bonchev–Trinajstić information content (AvgIpc) is 3.12. The van der Waals surface area contributed by atoms with E-state index < -0.39 is 27.3 Å². The standard InChI is InChI=1S/C14H22N2O2.C13H17F3N2O2.C10H13ClN2O3/c1-5-9-15(12(4)6-2)13-7-8-14(16(17)18)11(3)10-13;1-3-5-8-17(4-2)10-6-7-12(18(19)20)11(9-10)13(14,15)16;1-12(5-6-16-2)10-4-3-8(13(14)15)7-9(10)11/h7-8,10,12H,5-6,9H2,1-4H3;6-7,9H,3-5,8H2,1-2H3;3-4,7H,5-6H2,1-2H3. The van der Waals surface area contributed by atoms with Crippen LogP contribution in [-0.2, 0) is 10.9 Å². The average molecular weight is 785 g/mol. The summed E-state index contributed by atoms with van der Waals surface area (Å²) in [6, 6.07) is 13.4. The fraction of sp³-hybridized carbons (Fsp3) is 0.514. The van der Waals surface area contributed by atoms with Gasteiger partial charge in [-0.1, -0.05) is 38.8 Å². The summed E-state index contributed by atoms with van der Waals surface area (Å²) < 4.78 is 43.6. The maximum absolute atomic E-state index is 12.9. The Morgan fingerprint density at radius 3 is 1.89 bits per heavy atom. The van der Waals surface area contributed by atoms with Crippen LogP contribution in [0.25, 0.3) is 0 Å². The number of nitrogens with zero attached hydrogens (tertiary/aromatic N) is 6. The number of methoxy groups -OCH3 is 1. The number of aryl methyl sites for hydroxylation is 1. The highest BCUT2D eigenvalue weighted by Gasteiger charge is 2.38. The molecule has 0 aliphatic heterocycles. The maximum Gasteiger partial charge on any atom is 0.423 e. The molecule has 0 heterocycles. The van der Waals surface area contributed by atoms with Crippen molar-refractivity contribution in [3.8, 4) is 0 Å². The number of benzene rings is 3. The van der Waals surface area contributed by atoms with E-state index in [1.807, 2.05) is 37.9 Å². The monoisotopic (exact) mass is 784 g/mol. The van der Waals surface area contributed by atoms with Crippen molar-refractivity contribution in [2.75, 3.05) is 61.6 Å². The molecule has 1 unspecified atom stereocenters. The molecule has 3 aromatic carbocycles. The van der Waals surface area contributed by atoms with E-state index in [9.17, 15) is 43.5 Å². The quantitative estimate of drug-likeness (QED) is 0.0956. The minimum Gasteiger partial charge on any atom is -0.383 e. The maximum atomic E-state index is 12.9. The van der Waals surface area contributed by atoms with Crippen molar-refractivity contribution in [2.45, 2.75) is 79.4 Å². The Hall–Kier alpha value is -4.70. The third-order valence-corrected chi connectivity index (χ3v) is 8.79. The molecular formula is C37H52ClF3N6O7. The molecule has 54 heavy (non-hydrogen) atoms.